The van der Waals surface area contributed by atoms with Gasteiger partial charge in [-0.3, -0.25) is 14.0 Å². The number of benzene rings is 1. The van der Waals surface area contributed by atoms with Gasteiger partial charge in [0, 0.05) is 22.1 Å². The van der Waals surface area contributed by atoms with E-state index in [-0.39, 0.29) is 28.5 Å². The van der Waals surface area contributed by atoms with Gasteiger partial charge in [0.15, 0.2) is 0 Å². The van der Waals surface area contributed by atoms with Crippen molar-refractivity contribution in [3.05, 3.63) is 53.6 Å². The van der Waals surface area contributed by atoms with E-state index in [1.807, 2.05) is 7.05 Å². The van der Waals surface area contributed by atoms with Gasteiger partial charge in [-0.1, -0.05) is 0 Å². The van der Waals surface area contributed by atoms with Gasteiger partial charge in [-0.05, 0) is 70.2 Å². The Morgan fingerprint density at radius 1 is 1.22 bits per heavy atom. The highest BCUT2D eigenvalue weighted by Gasteiger charge is 2.50. The van der Waals surface area contributed by atoms with E-state index in [9.17, 15) is 26.6 Å². The Bertz CT molecular complexity index is 1210. The molecule has 36 heavy (non-hydrogen) atoms. The van der Waals surface area contributed by atoms with E-state index < -0.39 is 44.9 Å². The van der Waals surface area contributed by atoms with Crippen LogP contribution < -0.4 is 15.8 Å². The van der Waals surface area contributed by atoms with E-state index in [1.165, 1.54) is 12.1 Å². The average Bonchev–Trinajstić information content (AvgIpc) is 2.79. The molecule has 0 saturated carbocycles. The number of anilines is 1. The number of likely N-dealkylation sites (tertiary alicyclic amines) is 1. The first-order valence-electron chi connectivity index (χ1n) is 11.1. The quantitative estimate of drug-likeness (QED) is 0.592. The predicted octanol–water partition coefficient (Wildman–Crippen LogP) is 3.17. The highest BCUT2D eigenvalue weighted by molar-refractivity contribution is 7.87. The van der Waals surface area contributed by atoms with E-state index >= 15 is 0 Å². The minimum atomic E-state index is -4.88. The van der Waals surface area contributed by atoms with E-state index in [1.54, 1.807) is 6.92 Å². The molecule has 2 aliphatic heterocycles. The molecule has 1 aromatic carbocycles. The van der Waals surface area contributed by atoms with Crippen molar-refractivity contribution in [1.29, 1.82) is 0 Å². The Hall–Kier alpha value is -3.06. The molecular weight excluding hydrogens is 502 g/mol. The van der Waals surface area contributed by atoms with Crippen LogP contribution in [-0.2, 0) is 16.3 Å². The fourth-order valence-corrected chi connectivity index (χ4v) is 6.35. The molecule has 2 atom stereocenters. The normalized spacial score (nSPS) is 24.3. The maximum Gasteiger partial charge on any atom is 0.573 e. The summed E-state index contributed by atoms with van der Waals surface area (Å²) >= 11 is 0. The van der Waals surface area contributed by atoms with Gasteiger partial charge in [0.1, 0.15) is 27.8 Å². The number of carbonyl (C=O) groups is 1. The molecule has 4 rings (SSSR count). The molecule has 1 aromatic heterocycles. The van der Waals surface area contributed by atoms with Crippen molar-refractivity contribution < 1.29 is 31.3 Å². The lowest BCUT2D eigenvalue weighted by Gasteiger charge is -2.45. The Kier molecular flexibility index (Phi) is 6.82. The molecule has 1 amide bonds. The highest BCUT2D eigenvalue weighted by atomic mass is 32.2. The number of pyridine rings is 1. The van der Waals surface area contributed by atoms with Crippen LogP contribution in [-0.4, -0.2) is 62.8 Å². The lowest BCUT2D eigenvalue weighted by atomic mass is 9.90. The average molecular weight is 528 g/mol. The van der Waals surface area contributed by atoms with Crippen molar-refractivity contribution in [1.82, 2.24) is 9.88 Å². The van der Waals surface area contributed by atoms with Crippen molar-refractivity contribution in [3.8, 4) is 5.75 Å². The predicted molar refractivity (Wildman–Crippen MR) is 127 cm³/mol. The van der Waals surface area contributed by atoms with Crippen LogP contribution in [0.4, 0.5) is 23.2 Å². The summed E-state index contributed by atoms with van der Waals surface area (Å²) in [6.07, 6.45) is -2.92. The number of nitrogens with two attached hydrogens (primary N) is 1. The van der Waals surface area contributed by atoms with Crippen LogP contribution in [0.5, 0.6) is 5.75 Å². The van der Waals surface area contributed by atoms with Crippen molar-refractivity contribution in [3.63, 3.8) is 0 Å². The van der Waals surface area contributed by atoms with Gasteiger partial charge in [-0.2, -0.15) is 0 Å². The first kappa shape index (κ1) is 26.0. The van der Waals surface area contributed by atoms with Gasteiger partial charge >= 0.3 is 6.36 Å². The number of amidine groups is 1. The Balaban J connectivity index is 1.56. The number of piperidine rings is 1. The third-order valence-corrected chi connectivity index (χ3v) is 8.80. The number of aliphatic imine (C=N–C) groups is 1. The molecule has 1 spiro atoms. The summed E-state index contributed by atoms with van der Waals surface area (Å²) in [7, 11) is 0.574. The van der Waals surface area contributed by atoms with Crippen LogP contribution in [0, 0.1) is 5.82 Å². The van der Waals surface area contributed by atoms with Gasteiger partial charge in [0.25, 0.3) is 5.91 Å². The molecule has 2 aliphatic rings. The summed E-state index contributed by atoms with van der Waals surface area (Å²) in [4.78, 5) is 23.0. The summed E-state index contributed by atoms with van der Waals surface area (Å²) in [5.41, 5.74) is 5.27. The number of amides is 1. The lowest BCUT2D eigenvalue weighted by Crippen LogP contribution is -2.59. The Morgan fingerprint density at radius 3 is 2.50 bits per heavy atom. The van der Waals surface area contributed by atoms with Gasteiger partial charge in [-0.25, -0.2) is 9.37 Å². The van der Waals surface area contributed by atoms with Crippen molar-refractivity contribution >= 4 is 28.2 Å². The first-order valence-corrected chi connectivity index (χ1v) is 12.4. The largest absolute Gasteiger partial charge is 0.573 e. The fourth-order valence-electron chi connectivity index (χ4n) is 4.43. The van der Waals surface area contributed by atoms with Crippen LogP contribution in [0.2, 0.25) is 0 Å². The van der Waals surface area contributed by atoms with Gasteiger partial charge in [0.05, 0.1) is 17.5 Å². The molecule has 1 unspecified atom stereocenters. The minimum absolute atomic E-state index is 0.0634. The van der Waals surface area contributed by atoms with Crippen LogP contribution in [0.1, 0.15) is 35.8 Å². The summed E-state index contributed by atoms with van der Waals surface area (Å²) < 4.78 is 68.3. The topological polar surface area (TPSA) is 110 Å². The number of hydrogen-bond acceptors (Lipinski definition) is 7. The van der Waals surface area contributed by atoms with Crippen LogP contribution in [0.25, 0.3) is 0 Å². The molecule has 2 aromatic rings. The van der Waals surface area contributed by atoms with E-state index in [2.05, 4.69) is 24.9 Å². The molecule has 1 fully saturated rings. The third-order valence-electron chi connectivity index (χ3n) is 6.48. The smallest absolute Gasteiger partial charge is 0.404 e. The Morgan fingerprint density at radius 2 is 1.92 bits per heavy atom. The minimum Gasteiger partial charge on any atom is -0.404 e. The van der Waals surface area contributed by atoms with Crippen molar-refractivity contribution in [2.45, 2.75) is 36.4 Å². The zero-order valence-electron chi connectivity index (χ0n) is 19.6. The molecule has 194 valence electrons. The molecule has 13 heteroatoms. The number of nitrogens with one attached hydrogen (secondary N) is 1. The lowest BCUT2D eigenvalue weighted by molar-refractivity contribution is -0.274. The van der Waals surface area contributed by atoms with Gasteiger partial charge in [-0.15, -0.1) is 13.2 Å². The number of aromatic nitrogens is 1. The first-order chi connectivity index (χ1) is 16.8. The maximum absolute atomic E-state index is 14.9. The zero-order chi connectivity index (χ0) is 26.3. The second kappa shape index (κ2) is 9.43. The highest BCUT2D eigenvalue weighted by Crippen LogP contribution is 2.41. The molecule has 0 bridgehead atoms. The van der Waals surface area contributed by atoms with Crippen molar-refractivity contribution in [2.24, 2.45) is 10.7 Å². The van der Waals surface area contributed by atoms with Crippen LogP contribution >= 0.6 is 0 Å². The number of rotatable bonds is 4. The number of hydrogen-bond donors (Lipinski definition) is 2. The zero-order valence-corrected chi connectivity index (χ0v) is 20.4. The monoisotopic (exact) mass is 527 g/mol. The molecule has 1 saturated heterocycles. The van der Waals surface area contributed by atoms with Gasteiger partial charge < -0.3 is 20.7 Å². The second-order valence-corrected chi connectivity index (χ2v) is 10.9. The number of ether oxygens (including phenoxy) is 1. The van der Waals surface area contributed by atoms with E-state index in [0.29, 0.717) is 12.8 Å². The number of halogens is 4. The molecule has 3 heterocycles. The molecule has 0 aliphatic carbocycles. The third kappa shape index (κ3) is 5.21. The molecular formula is C23H25F4N5O3S. The van der Waals surface area contributed by atoms with Crippen molar-refractivity contribution in [2.75, 3.05) is 31.2 Å². The number of nitrogens with zero attached hydrogens (tertiary/aromatic N) is 3. The Labute approximate surface area is 207 Å². The van der Waals surface area contributed by atoms with E-state index in [0.717, 1.165) is 37.5 Å². The standard InChI is InChI=1S/C23H25F4N5O3S/c1-21(13-36(34)22(20(28)31-21)7-9-32(2)10-8-22)16-11-14(3-5-17(16)24)30-19(33)18-6-4-15(12-29-18)35-23(25,26)27/h3-6,11-12H,7-10,13H2,1-2H3,(H2,28,31)(H,30,33)/t21-,36?/m0/s1. The SMILES string of the molecule is CN1CCC2(CC1)C(N)=N[C@](C)(c1cc(NC(=O)c3ccc(OC(F)(F)F)cn3)ccc1F)CS2=O. The maximum atomic E-state index is 14.9. The summed E-state index contributed by atoms with van der Waals surface area (Å²) in [5.74, 6) is -1.60. The summed E-state index contributed by atoms with van der Waals surface area (Å²) in [5, 5.41) is 2.54. The molecule has 0 radical (unpaired) electrons. The fraction of sp³-hybridized carbons (Fsp3) is 0.435. The van der Waals surface area contributed by atoms with E-state index in [4.69, 9.17) is 5.73 Å². The molecule has 3 N–H and O–H groups in total. The summed E-state index contributed by atoms with van der Waals surface area (Å²) in [6, 6.07) is 5.89. The number of alkyl halides is 3. The van der Waals surface area contributed by atoms with Crippen LogP contribution in [0.3, 0.4) is 0 Å². The number of carbonyl (C=O) groups excluding carboxylic acids is 1. The summed E-state index contributed by atoms with van der Waals surface area (Å²) in [6.45, 7) is 3.10. The van der Waals surface area contributed by atoms with Gasteiger partial charge in [0.2, 0.25) is 0 Å². The van der Waals surface area contributed by atoms with Crippen LogP contribution in [0.15, 0.2) is 41.5 Å². The second-order valence-electron chi connectivity index (χ2n) is 9.13. The molecule has 8 nitrogen and oxygen atoms in total.